The van der Waals surface area contributed by atoms with Crippen LogP contribution in [0.1, 0.15) is 21.5 Å². The van der Waals surface area contributed by atoms with Crippen LogP contribution < -0.4 is 10.2 Å². The molecule has 0 spiro atoms. The van der Waals surface area contributed by atoms with Crippen LogP contribution in [-0.4, -0.2) is 24.1 Å². The molecule has 1 aliphatic rings. The van der Waals surface area contributed by atoms with Crippen LogP contribution in [0.25, 0.3) is 0 Å². The number of nitrogens with one attached hydrogen (secondary N) is 1. The second-order valence-corrected chi connectivity index (χ2v) is 8.04. The van der Waals surface area contributed by atoms with Gasteiger partial charge in [-0.05, 0) is 47.9 Å². The molecule has 4 nitrogen and oxygen atoms in total. The molecular formula is C24H21FN2O2S. The fourth-order valence-electron chi connectivity index (χ4n) is 3.47. The highest BCUT2D eigenvalue weighted by atomic mass is 32.2. The van der Waals surface area contributed by atoms with E-state index < -0.39 is 0 Å². The number of para-hydroxylation sites is 1. The first kappa shape index (κ1) is 20.2. The first-order valence-corrected chi connectivity index (χ1v) is 10.7. The van der Waals surface area contributed by atoms with Gasteiger partial charge in [-0.3, -0.25) is 9.59 Å². The standard InChI is InChI=1S/C24H21FN2O2S/c25-19-11-9-17(10-12-19)15-26-24(29)20-6-2-4-8-22(20)30-16-23(28)27-14-13-18-5-1-3-7-21(18)27/h1-12H,13-16H2,(H,26,29). The number of hydrogen-bond donors (Lipinski definition) is 1. The summed E-state index contributed by atoms with van der Waals surface area (Å²) in [6.07, 6.45) is 0.870. The number of anilines is 1. The van der Waals surface area contributed by atoms with E-state index in [4.69, 9.17) is 0 Å². The summed E-state index contributed by atoms with van der Waals surface area (Å²) in [5.41, 5.74) is 3.52. The van der Waals surface area contributed by atoms with Crippen LogP contribution in [-0.2, 0) is 17.8 Å². The van der Waals surface area contributed by atoms with E-state index in [9.17, 15) is 14.0 Å². The van der Waals surface area contributed by atoms with E-state index >= 15 is 0 Å². The lowest BCUT2D eigenvalue weighted by atomic mass is 10.2. The molecule has 0 radical (unpaired) electrons. The number of carbonyl (C=O) groups excluding carboxylic acids is 2. The molecular weight excluding hydrogens is 399 g/mol. The fraction of sp³-hybridized carbons (Fsp3) is 0.167. The van der Waals surface area contributed by atoms with Crippen LogP contribution in [0.3, 0.4) is 0 Å². The zero-order valence-corrected chi connectivity index (χ0v) is 17.1. The van der Waals surface area contributed by atoms with Crippen molar-refractivity contribution >= 4 is 29.3 Å². The van der Waals surface area contributed by atoms with Crippen molar-refractivity contribution in [1.29, 1.82) is 0 Å². The van der Waals surface area contributed by atoms with E-state index in [1.54, 1.807) is 24.3 Å². The second kappa shape index (κ2) is 9.13. The molecule has 0 aliphatic carbocycles. The predicted octanol–water partition coefficient (Wildman–Crippen LogP) is 4.44. The minimum absolute atomic E-state index is 0.0338. The maximum atomic E-state index is 13.0. The van der Waals surface area contributed by atoms with Gasteiger partial charge in [-0.2, -0.15) is 0 Å². The average Bonchev–Trinajstić information content (AvgIpc) is 3.21. The Kier molecular flexibility index (Phi) is 6.14. The number of amides is 2. The number of nitrogens with zero attached hydrogens (tertiary/aromatic N) is 1. The summed E-state index contributed by atoms with van der Waals surface area (Å²) >= 11 is 1.37. The highest BCUT2D eigenvalue weighted by molar-refractivity contribution is 8.00. The number of thioether (sulfide) groups is 1. The van der Waals surface area contributed by atoms with Gasteiger partial charge in [-0.15, -0.1) is 11.8 Å². The van der Waals surface area contributed by atoms with E-state index in [0.717, 1.165) is 22.6 Å². The molecule has 2 amide bonds. The Morgan fingerprint density at radius 2 is 1.70 bits per heavy atom. The summed E-state index contributed by atoms with van der Waals surface area (Å²) in [6, 6.07) is 21.2. The molecule has 1 aliphatic heterocycles. The molecule has 0 saturated heterocycles. The molecule has 1 N–H and O–H groups in total. The quantitative estimate of drug-likeness (QED) is 0.600. The molecule has 152 valence electrons. The zero-order chi connectivity index (χ0) is 20.9. The van der Waals surface area contributed by atoms with Gasteiger partial charge in [0, 0.05) is 23.7 Å². The Balaban J connectivity index is 1.39. The topological polar surface area (TPSA) is 49.4 Å². The molecule has 3 aromatic rings. The lowest BCUT2D eigenvalue weighted by Gasteiger charge is -2.17. The van der Waals surface area contributed by atoms with Crippen molar-refractivity contribution in [3.05, 3.63) is 95.3 Å². The van der Waals surface area contributed by atoms with E-state index in [1.165, 1.54) is 29.5 Å². The summed E-state index contributed by atoms with van der Waals surface area (Å²) in [5, 5.41) is 2.86. The summed E-state index contributed by atoms with van der Waals surface area (Å²) in [5.74, 6) is -0.235. The summed E-state index contributed by atoms with van der Waals surface area (Å²) in [6.45, 7) is 1.00. The first-order chi connectivity index (χ1) is 14.6. The molecule has 30 heavy (non-hydrogen) atoms. The molecule has 0 aromatic heterocycles. The number of fused-ring (bicyclic) bond motifs is 1. The van der Waals surface area contributed by atoms with Gasteiger partial charge in [-0.1, -0.05) is 42.5 Å². The van der Waals surface area contributed by atoms with Crippen molar-refractivity contribution in [3.63, 3.8) is 0 Å². The summed E-state index contributed by atoms with van der Waals surface area (Å²) in [4.78, 5) is 28.0. The average molecular weight is 421 g/mol. The van der Waals surface area contributed by atoms with Crippen LogP contribution in [0.15, 0.2) is 77.7 Å². The third-order valence-electron chi connectivity index (χ3n) is 5.04. The van der Waals surface area contributed by atoms with Gasteiger partial charge < -0.3 is 10.2 Å². The van der Waals surface area contributed by atoms with E-state index in [2.05, 4.69) is 11.4 Å². The van der Waals surface area contributed by atoms with Crippen LogP contribution in [0.4, 0.5) is 10.1 Å². The Morgan fingerprint density at radius 1 is 0.967 bits per heavy atom. The molecule has 0 saturated carbocycles. The van der Waals surface area contributed by atoms with E-state index in [0.29, 0.717) is 18.7 Å². The molecule has 0 fully saturated rings. The molecule has 0 atom stereocenters. The van der Waals surface area contributed by atoms with Gasteiger partial charge in [0.15, 0.2) is 0 Å². The molecule has 0 bridgehead atoms. The van der Waals surface area contributed by atoms with Crippen molar-refractivity contribution in [2.45, 2.75) is 17.9 Å². The Labute approximate surface area is 179 Å². The smallest absolute Gasteiger partial charge is 0.252 e. The van der Waals surface area contributed by atoms with Crippen LogP contribution >= 0.6 is 11.8 Å². The normalized spacial score (nSPS) is 12.5. The SMILES string of the molecule is O=C(NCc1ccc(F)cc1)c1ccccc1SCC(=O)N1CCc2ccccc21. The summed E-state index contributed by atoms with van der Waals surface area (Å²) < 4.78 is 13.0. The van der Waals surface area contributed by atoms with Gasteiger partial charge in [0.25, 0.3) is 5.91 Å². The molecule has 3 aromatic carbocycles. The van der Waals surface area contributed by atoms with Crippen molar-refractivity contribution in [1.82, 2.24) is 5.32 Å². The van der Waals surface area contributed by atoms with E-state index in [-0.39, 0.29) is 23.4 Å². The van der Waals surface area contributed by atoms with Crippen LogP contribution in [0.5, 0.6) is 0 Å². The fourth-order valence-corrected chi connectivity index (χ4v) is 4.40. The third-order valence-corrected chi connectivity index (χ3v) is 6.10. The van der Waals surface area contributed by atoms with Gasteiger partial charge in [0.2, 0.25) is 5.91 Å². The highest BCUT2D eigenvalue weighted by Crippen LogP contribution is 2.29. The lowest BCUT2D eigenvalue weighted by molar-refractivity contribution is -0.116. The Bertz CT molecular complexity index is 1070. The molecule has 1 heterocycles. The van der Waals surface area contributed by atoms with Crippen LogP contribution in [0, 0.1) is 5.82 Å². The minimum Gasteiger partial charge on any atom is -0.348 e. The minimum atomic E-state index is -0.308. The molecule has 0 unspecified atom stereocenters. The van der Waals surface area contributed by atoms with Crippen molar-refractivity contribution in [2.24, 2.45) is 0 Å². The Hall–Kier alpha value is -3.12. The van der Waals surface area contributed by atoms with Crippen molar-refractivity contribution < 1.29 is 14.0 Å². The van der Waals surface area contributed by atoms with Crippen LogP contribution in [0.2, 0.25) is 0 Å². The number of rotatable bonds is 6. The number of benzene rings is 3. The largest absolute Gasteiger partial charge is 0.348 e. The Morgan fingerprint density at radius 3 is 2.53 bits per heavy atom. The van der Waals surface area contributed by atoms with Gasteiger partial charge in [-0.25, -0.2) is 4.39 Å². The number of hydrogen-bond acceptors (Lipinski definition) is 3. The second-order valence-electron chi connectivity index (χ2n) is 7.02. The number of carbonyl (C=O) groups is 2. The monoisotopic (exact) mass is 420 g/mol. The molecule has 4 rings (SSSR count). The van der Waals surface area contributed by atoms with Gasteiger partial charge in [0.1, 0.15) is 5.82 Å². The van der Waals surface area contributed by atoms with Crippen molar-refractivity contribution in [2.75, 3.05) is 17.2 Å². The van der Waals surface area contributed by atoms with Crippen molar-refractivity contribution in [3.8, 4) is 0 Å². The highest BCUT2D eigenvalue weighted by Gasteiger charge is 2.24. The van der Waals surface area contributed by atoms with Gasteiger partial charge >= 0.3 is 0 Å². The predicted molar refractivity (Wildman–Crippen MR) is 117 cm³/mol. The summed E-state index contributed by atoms with van der Waals surface area (Å²) in [7, 11) is 0. The maximum Gasteiger partial charge on any atom is 0.252 e. The number of halogens is 1. The lowest BCUT2D eigenvalue weighted by Crippen LogP contribution is -2.30. The zero-order valence-electron chi connectivity index (χ0n) is 16.3. The maximum absolute atomic E-state index is 13.0. The first-order valence-electron chi connectivity index (χ1n) is 9.74. The van der Waals surface area contributed by atoms with Gasteiger partial charge in [0.05, 0.1) is 11.3 Å². The van der Waals surface area contributed by atoms with E-state index in [1.807, 2.05) is 35.2 Å². The molecule has 6 heteroatoms. The third kappa shape index (κ3) is 4.54.